The number of esters is 1. The average molecular weight is 405 g/mol. The second-order valence-electron chi connectivity index (χ2n) is 7.92. The number of amides is 1. The van der Waals surface area contributed by atoms with Crippen molar-refractivity contribution in [3.8, 4) is 5.75 Å². The third-order valence-corrected chi connectivity index (χ3v) is 4.92. The predicted molar refractivity (Wildman–Crippen MR) is 117 cm³/mol. The Balaban J connectivity index is 1.56. The lowest BCUT2D eigenvalue weighted by Gasteiger charge is -2.15. The van der Waals surface area contributed by atoms with Gasteiger partial charge in [-0.15, -0.1) is 0 Å². The minimum Gasteiger partial charge on any atom is -0.507 e. The molecule has 0 aliphatic rings. The van der Waals surface area contributed by atoms with Crippen molar-refractivity contribution in [2.24, 2.45) is 5.92 Å². The van der Waals surface area contributed by atoms with Crippen molar-refractivity contribution in [3.05, 3.63) is 77.4 Å². The van der Waals surface area contributed by atoms with E-state index >= 15 is 0 Å². The first-order chi connectivity index (χ1) is 14.3. The summed E-state index contributed by atoms with van der Waals surface area (Å²) in [5, 5.41) is 14.6. The highest BCUT2D eigenvalue weighted by Gasteiger charge is 2.17. The Morgan fingerprint density at radius 3 is 2.23 bits per heavy atom. The molecule has 156 valence electrons. The standard InChI is InChI=1S/C25H27NO4/c1-16(2)12-18-8-10-19(11-9-18)17(3)26-24(28)15-30-25(29)22-13-20-6-4-5-7-21(20)14-23(22)27/h4-11,13-14,16-17,27H,12,15H2,1-3H3,(H,26,28)/t17-/m0/s1. The van der Waals surface area contributed by atoms with Gasteiger partial charge in [0.2, 0.25) is 0 Å². The largest absolute Gasteiger partial charge is 0.507 e. The normalized spacial score (nSPS) is 12.0. The third kappa shape index (κ3) is 5.38. The number of rotatable bonds is 7. The molecule has 0 fully saturated rings. The third-order valence-electron chi connectivity index (χ3n) is 4.92. The summed E-state index contributed by atoms with van der Waals surface area (Å²) in [5.41, 5.74) is 2.28. The summed E-state index contributed by atoms with van der Waals surface area (Å²) in [4.78, 5) is 24.6. The fraction of sp³-hybridized carbons (Fsp3) is 0.280. The number of carbonyl (C=O) groups is 2. The number of carbonyl (C=O) groups excluding carboxylic acids is 2. The van der Waals surface area contributed by atoms with Crippen LogP contribution in [0.2, 0.25) is 0 Å². The molecule has 2 N–H and O–H groups in total. The first-order valence-electron chi connectivity index (χ1n) is 10.1. The molecule has 0 aliphatic heterocycles. The Morgan fingerprint density at radius 1 is 0.967 bits per heavy atom. The molecule has 0 unspecified atom stereocenters. The molecular weight excluding hydrogens is 378 g/mol. The highest BCUT2D eigenvalue weighted by molar-refractivity contribution is 5.99. The molecule has 0 heterocycles. The molecule has 3 aromatic carbocycles. The van der Waals surface area contributed by atoms with Crippen molar-refractivity contribution >= 4 is 22.6 Å². The maximum atomic E-state index is 12.3. The van der Waals surface area contributed by atoms with Gasteiger partial charge in [0.15, 0.2) is 6.61 Å². The van der Waals surface area contributed by atoms with Crippen LogP contribution in [0.25, 0.3) is 10.8 Å². The highest BCUT2D eigenvalue weighted by Crippen LogP contribution is 2.25. The smallest absolute Gasteiger partial charge is 0.342 e. The summed E-state index contributed by atoms with van der Waals surface area (Å²) < 4.78 is 5.11. The van der Waals surface area contributed by atoms with E-state index in [1.165, 1.54) is 11.6 Å². The van der Waals surface area contributed by atoms with Crippen LogP contribution in [-0.2, 0) is 16.0 Å². The molecular formula is C25H27NO4. The number of hydrogen-bond donors (Lipinski definition) is 2. The van der Waals surface area contributed by atoms with Crippen LogP contribution in [0.4, 0.5) is 0 Å². The lowest BCUT2D eigenvalue weighted by Crippen LogP contribution is -2.31. The van der Waals surface area contributed by atoms with Gasteiger partial charge in [-0.2, -0.15) is 0 Å². The summed E-state index contributed by atoms with van der Waals surface area (Å²) in [6.45, 7) is 5.82. The number of phenols is 1. The van der Waals surface area contributed by atoms with Crippen LogP contribution < -0.4 is 5.32 Å². The van der Waals surface area contributed by atoms with Gasteiger partial charge in [0, 0.05) is 0 Å². The monoisotopic (exact) mass is 405 g/mol. The predicted octanol–water partition coefficient (Wildman–Crippen LogP) is 4.78. The van der Waals surface area contributed by atoms with Crippen molar-refractivity contribution in [1.82, 2.24) is 5.32 Å². The van der Waals surface area contributed by atoms with E-state index in [2.05, 4.69) is 31.3 Å². The molecule has 0 saturated heterocycles. The van der Waals surface area contributed by atoms with Gasteiger partial charge < -0.3 is 15.2 Å². The molecule has 0 saturated carbocycles. The molecule has 3 rings (SSSR count). The SMILES string of the molecule is CC(C)Cc1ccc([C@H](C)NC(=O)COC(=O)c2cc3ccccc3cc2O)cc1. The Hall–Kier alpha value is -3.34. The van der Waals surface area contributed by atoms with E-state index in [9.17, 15) is 14.7 Å². The van der Waals surface area contributed by atoms with Crippen LogP contribution in [0, 0.1) is 5.92 Å². The minimum atomic E-state index is -0.737. The summed E-state index contributed by atoms with van der Waals surface area (Å²) in [7, 11) is 0. The van der Waals surface area contributed by atoms with Crippen LogP contribution >= 0.6 is 0 Å². The Labute approximate surface area is 176 Å². The van der Waals surface area contributed by atoms with E-state index in [0.717, 1.165) is 22.8 Å². The molecule has 3 aromatic rings. The molecule has 30 heavy (non-hydrogen) atoms. The Morgan fingerprint density at radius 2 is 1.60 bits per heavy atom. The maximum absolute atomic E-state index is 12.3. The number of phenolic OH excluding ortho intramolecular Hbond substituents is 1. The van der Waals surface area contributed by atoms with Crippen molar-refractivity contribution in [1.29, 1.82) is 0 Å². The van der Waals surface area contributed by atoms with Gasteiger partial charge >= 0.3 is 5.97 Å². The maximum Gasteiger partial charge on any atom is 0.342 e. The number of aromatic hydroxyl groups is 1. The summed E-state index contributed by atoms with van der Waals surface area (Å²) in [5.74, 6) is -0.722. The minimum absolute atomic E-state index is 0.0373. The zero-order chi connectivity index (χ0) is 21.7. The summed E-state index contributed by atoms with van der Waals surface area (Å²) >= 11 is 0. The number of ether oxygens (including phenoxy) is 1. The Kier molecular flexibility index (Phi) is 6.72. The van der Waals surface area contributed by atoms with Crippen molar-refractivity contribution in [3.63, 3.8) is 0 Å². The topological polar surface area (TPSA) is 75.6 Å². The zero-order valence-corrected chi connectivity index (χ0v) is 17.5. The lowest BCUT2D eigenvalue weighted by molar-refractivity contribution is -0.124. The number of hydrogen-bond acceptors (Lipinski definition) is 4. The number of fused-ring (bicyclic) bond motifs is 1. The van der Waals surface area contributed by atoms with Gasteiger partial charge in [-0.05, 0) is 53.3 Å². The van der Waals surface area contributed by atoms with E-state index in [1.807, 2.05) is 43.3 Å². The molecule has 0 bridgehead atoms. The van der Waals surface area contributed by atoms with Crippen LogP contribution in [0.5, 0.6) is 5.75 Å². The van der Waals surface area contributed by atoms with Gasteiger partial charge in [0.1, 0.15) is 11.3 Å². The molecule has 1 atom stereocenters. The van der Waals surface area contributed by atoms with Crippen molar-refractivity contribution in [2.75, 3.05) is 6.61 Å². The quantitative estimate of drug-likeness (QED) is 0.555. The van der Waals surface area contributed by atoms with Gasteiger partial charge in [-0.1, -0.05) is 62.4 Å². The molecule has 0 spiro atoms. The zero-order valence-electron chi connectivity index (χ0n) is 17.5. The lowest BCUT2D eigenvalue weighted by atomic mass is 10.00. The first kappa shape index (κ1) is 21.4. The van der Waals surface area contributed by atoms with Crippen LogP contribution in [0.1, 0.15) is 48.3 Å². The Bertz CT molecular complexity index is 1040. The highest BCUT2D eigenvalue weighted by atomic mass is 16.5. The van der Waals surface area contributed by atoms with E-state index in [4.69, 9.17) is 4.74 Å². The van der Waals surface area contributed by atoms with Gasteiger partial charge in [-0.25, -0.2) is 4.79 Å². The van der Waals surface area contributed by atoms with E-state index in [1.54, 1.807) is 6.07 Å². The fourth-order valence-electron chi connectivity index (χ4n) is 3.38. The molecule has 0 aromatic heterocycles. The molecule has 5 heteroatoms. The first-order valence-corrected chi connectivity index (χ1v) is 10.1. The fourth-order valence-corrected chi connectivity index (χ4v) is 3.38. The summed E-state index contributed by atoms with van der Waals surface area (Å²) in [6, 6.07) is 18.4. The second kappa shape index (κ2) is 9.44. The molecule has 0 aliphatic carbocycles. The second-order valence-corrected chi connectivity index (χ2v) is 7.92. The van der Waals surface area contributed by atoms with E-state index < -0.39 is 18.5 Å². The van der Waals surface area contributed by atoms with Crippen LogP contribution in [0.3, 0.4) is 0 Å². The van der Waals surface area contributed by atoms with Gasteiger partial charge in [0.05, 0.1) is 6.04 Å². The van der Waals surface area contributed by atoms with Crippen molar-refractivity contribution < 1.29 is 19.4 Å². The van der Waals surface area contributed by atoms with Crippen LogP contribution in [-0.4, -0.2) is 23.6 Å². The number of benzene rings is 3. The van der Waals surface area contributed by atoms with Gasteiger partial charge in [0.25, 0.3) is 5.91 Å². The van der Waals surface area contributed by atoms with Gasteiger partial charge in [-0.3, -0.25) is 4.79 Å². The van der Waals surface area contributed by atoms with E-state index in [0.29, 0.717) is 5.92 Å². The van der Waals surface area contributed by atoms with Crippen molar-refractivity contribution in [2.45, 2.75) is 33.2 Å². The molecule has 1 amide bonds. The number of nitrogens with one attached hydrogen (secondary N) is 1. The molecule has 0 radical (unpaired) electrons. The van der Waals surface area contributed by atoms with Crippen LogP contribution in [0.15, 0.2) is 60.7 Å². The average Bonchev–Trinajstić information content (AvgIpc) is 2.71. The van der Waals surface area contributed by atoms with E-state index in [-0.39, 0.29) is 17.4 Å². The summed E-state index contributed by atoms with van der Waals surface area (Å²) in [6.07, 6.45) is 1.01. The molecule has 5 nitrogen and oxygen atoms in total.